The third kappa shape index (κ3) is 7.19. The predicted octanol–water partition coefficient (Wildman–Crippen LogP) is 2.71. The standard InChI is InChI=1S/C28H32N2O8/c1-4-15-37-27(33)23(13-14-25(31)36-3)29-26(32)24(17-35-2)30-28(34)38-16-22-20-11-7-5-9-18(20)19-10-6-8-12-21(19)22/h4-12,22-24H,1,13-17H2,2-3H3,(H,29,32)(H,30,34). The van der Waals surface area contributed by atoms with Crippen LogP contribution in [0.5, 0.6) is 0 Å². The van der Waals surface area contributed by atoms with Gasteiger partial charge in [-0.1, -0.05) is 61.2 Å². The summed E-state index contributed by atoms with van der Waals surface area (Å²) >= 11 is 0. The highest BCUT2D eigenvalue weighted by molar-refractivity contribution is 5.90. The first-order chi connectivity index (χ1) is 18.4. The van der Waals surface area contributed by atoms with Crippen molar-refractivity contribution in [2.75, 3.05) is 34.0 Å². The summed E-state index contributed by atoms with van der Waals surface area (Å²) < 4.78 is 20.2. The molecule has 0 heterocycles. The van der Waals surface area contributed by atoms with E-state index in [4.69, 9.17) is 14.2 Å². The topological polar surface area (TPSA) is 129 Å². The van der Waals surface area contributed by atoms with Crippen LogP contribution in [0.3, 0.4) is 0 Å². The van der Waals surface area contributed by atoms with Crippen LogP contribution in [0.2, 0.25) is 0 Å². The molecule has 0 radical (unpaired) electrons. The number of ether oxygens (including phenoxy) is 4. The van der Waals surface area contributed by atoms with Gasteiger partial charge in [0.1, 0.15) is 25.3 Å². The molecule has 2 aromatic rings. The van der Waals surface area contributed by atoms with Crippen molar-refractivity contribution in [2.24, 2.45) is 0 Å². The van der Waals surface area contributed by atoms with Crippen molar-refractivity contribution in [1.29, 1.82) is 0 Å². The fourth-order valence-corrected chi connectivity index (χ4v) is 4.26. The van der Waals surface area contributed by atoms with E-state index in [-0.39, 0.29) is 38.6 Å². The molecule has 2 aromatic carbocycles. The van der Waals surface area contributed by atoms with Crippen LogP contribution < -0.4 is 10.6 Å². The van der Waals surface area contributed by atoms with Gasteiger partial charge in [-0.05, 0) is 28.7 Å². The molecule has 2 N–H and O–H groups in total. The molecule has 10 nitrogen and oxygen atoms in total. The second-order valence-electron chi connectivity index (χ2n) is 8.57. The summed E-state index contributed by atoms with van der Waals surface area (Å²) in [5.41, 5.74) is 4.29. The summed E-state index contributed by atoms with van der Waals surface area (Å²) in [5.74, 6) is -2.15. The maximum absolute atomic E-state index is 13.0. The molecular weight excluding hydrogens is 492 g/mol. The Hall–Kier alpha value is -4.18. The Balaban J connectivity index is 1.63. The first kappa shape index (κ1) is 28.4. The molecule has 2 atom stereocenters. The van der Waals surface area contributed by atoms with Crippen LogP contribution in [-0.2, 0) is 33.3 Å². The van der Waals surface area contributed by atoms with Crippen molar-refractivity contribution in [3.05, 3.63) is 72.3 Å². The van der Waals surface area contributed by atoms with Crippen molar-refractivity contribution >= 4 is 23.9 Å². The first-order valence-corrected chi connectivity index (χ1v) is 12.1. The number of fused-ring (bicyclic) bond motifs is 3. The minimum atomic E-state index is -1.16. The lowest BCUT2D eigenvalue weighted by Crippen LogP contribution is -2.53. The van der Waals surface area contributed by atoms with Gasteiger partial charge in [0.05, 0.1) is 13.7 Å². The lowest BCUT2D eigenvalue weighted by molar-refractivity contribution is -0.148. The average molecular weight is 525 g/mol. The molecule has 1 aliphatic carbocycles. The van der Waals surface area contributed by atoms with Crippen LogP contribution in [0.4, 0.5) is 4.79 Å². The van der Waals surface area contributed by atoms with E-state index in [0.29, 0.717) is 0 Å². The van der Waals surface area contributed by atoms with Gasteiger partial charge in [0.15, 0.2) is 0 Å². The first-order valence-electron chi connectivity index (χ1n) is 12.1. The molecule has 0 saturated heterocycles. The number of carbonyl (C=O) groups is 4. The predicted molar refractivity (Wildman–Crippen MR) is 138 cm³/mol. The average Bonchev–Trinajstić information content (AvgIpc) is 3.25. The van der Waals surface area contributed by atoms with Crippen molar-refractivity contribution in [3.63, 3.8) is 0 Å². The van der Waals surface area contributed by atoms with E-state index in [2.05, 4.69) is 21.9 Å². The van der Waals surface area contributed by atoms with Gasteiger partial charge in [-0.15, -0.1) is 0 Å². The summed E-state index contributed by atoms with van der Waals surface area (Å²) in [4.78, 5) is 49.6. The van der Waals surface area contributed by atoms with Gasteiger partial charge in [-0.3, -0.25) is 9.59 Å². The van der Waals surface area contributed by atoms with Crippen LogP contribution in [0.15, 0.2) is 61.2 Å². The molecule has 0 aliphatic heterocycles. The number of hydrogen-bond acceptors (Lipinski definition) is 8. The molecule has 0 spiro atoms. The van der Waals surface area contributed by atoms with Gasteiger partial charge >= 0.3 is 18.0 Å². The molecule has 2 unspecified atom stereocenters. The van der Waals surface area contributed by atoms with Crippen LogP contribution in [0, 0.1) is 0 Å². The highest BCUT2D eigenvalue weighted by Crippen LogP contribution is 2.44. The smallest absolute Gasteiger partial charge is 0.407 e. The fraction of sp³-hybridized carbons (Fsp3) is 0.357. The number of hydrogen-bond donors (Lipinski definition) is 2. The Kier molecular flexibility index (Phi) is 10.4. The largest absolute Gasteiger partial charge is 0.469 e. The Morgan fingerprint density at radius 3 is 2.13 bits per heavy atom. The van der Waals surface area contributed by atoms with Gasteiger partial charge in [-0.25, -0.2) is 9.59 Å². The SMILES string of the molecule is C=CCOC(=O)C(CCC(=O)OC)NC(=O)C(COC)NC(=O)OCC1c2ccccc2-c2ccccc21. The van der Waals surface area contributed by atoms with Crippen LogP contribution >= 0.6 is 0 Å². The molecule has 2 amide bonds. The van der Waals surface area contributed by atoms with E-state index in [0.717, 1.165) is 22.3 Å². The maximum atomic E-state index is 13.0. The highest BCUT2D eigenvalue weighted by Gasteiger charge is 2.31. The van der Waals surface area contributed by atoms with Crippen LogP contribution in [-0.4, -0.2) is 70.1 Å². The molecule has 10 heteroatoms. The minimum Gasteiger partial charge on any atom is -0.469 e. The van der Waals surface area contributed by atoms with Crippen LogP contribution in [0.25, 0.3) is 11.1 Å². The molecule has 0 saturated carbocycles. The molecular formula is C28H32N2O8. The normalized spacial score (nSPS) is 13.3. The monoisotopic (exact) mass is 524 g/mol. The Labute approximate surface area is 221 Å². The third-order valence-electron chi connectivity index (χ3n) is 6.09. The van der Waals surface area contributed by atoms with Crippen molar-refractivity contribution in [3.8, 4) is 11.1 Å². The summed E-state index contributed by atoms with van der Waals surface area (Å²) in [7, 11) is 2.59. The summed E-state index contributed by atoms with van der Waals surface area (Å²) in [5, 5.41) is 5.01. The van der Waals surface area contributed by atoms with Crippen LogP contribution in [0.1, 0.15) is 29.9 Å². The van der Waals surface area contributed by atoms with E-state index in [1.807, 2.05) is 48.5 Å². The number of alkyl carbamates (subject to hydrolysis) is 1. The number of amides is 2. The second-order valence-corrected chi connectivity index (χ2v) is 8.57. The van der Waals surface area contributed by atoms with Gasteiger partial charge in [-0.2, -0.15) is 0 Å². The van der Waals surface area contributed by atoms with Gasteiger partial charge in [0.25, 0.3) is 0 Å². The Morgan fingerprint density at radius 2 is 1.55 bits per heavy atom. The minimum absolute atomic E-state index is 0.0565. The number of nitrogens with one attached hydrogen (secondary N) is 2. The summed E-state index contributed by atoms with van der Waals surface area (Å²) in [6.07, 6.45) is 0.381. The third-order valence-corrected chi connectivity index (χ3v) is 6.09. The zero-order valence-electron chi connectivity index (χ0n) is 21.4. The molecule has 0 fully saturated rings. The number of rotatable bonds is 13. The lowest BCUT2D eigenvalue weighted by Gasteiger charge is -2.22. The quantitative estimate of drug-likeness (QED) is 0.233. The zero-order chi connectivity index (χ0) is 27.5. The van der Waals surface area contributed by atoms with Crippen molar-refractivity contribution in [1.82, 2.24) is 10.6 Å². The van der Waals surface area contributed by atoms with E-state index >= 15 is 0 Å². The summed E-state index contributed by atoms with van der Waals surface area (Å²) in [6, 6.07) is 13.6. The number of benzene rings is 2. The van der Waals surface area contributed by atoms with Crippen molar-refractivity contribution in [2.45, 2.75) is 30.8 Å². The van der Waals surface area contributed by atoms with Gasteiger partial charge in [0.2, 0.25) is 5.91 Å². The Bertz CT molecular complexity index is 1120. The molecule has 3 rings (SSSR count). The molecule has 1 aliphatic rings. The molecule has 202 valence electrons. The van der Waals surface area contributed by atoms with E-state index in [1.54, 1.807) is 0 Å². The number of methoxy groups -OCH3 is 2. The Morgan fingerprint density at radius 1 is 0.921 bits per heavy atom. The zero-order valence-corrected chi connectivity index (χ0v) is 21.4. The van der Waals surface area contributed by atoms with Gasteiger partial charge in [0, 0.05) is 19.4 Å². The fourth-order valence-electron chi connectivity index (χ4n) is 4.26. The number of esters is 2. The molecule has 38 heavy (non-hydrogen) atoms. The van der Waals surface area contributed by atoms with Crippen molar-refractivity contribution < 1.29 is 38.1 Å². The summed E-state index contributed by atoms with van der Waals surface area (Å²) in [6.45, 7) is 3.30. The van der Waals surface area contributed by atoms with Gasteiger partial charge < -0.3 is 29.6 Å². The van der Waals surface area contributed by atoms with E-state index < -0.39 is 36.0 Å². The molecule has 0 bridgehead atoms. The number of carbonyl (C=O) groups excluding carboxylic acids is 4. The van der Waals surface area contributed by atoms with E-state index in [9.17, 15) is 19.2 Å². The van der Waals surface area contributed by atoms with E-state index in [1.165, 1.54) is 20.3 Å². The molecule has 0 aromatic heterocycles. The second kappa shape index (κ2) is 13.9. The highest BCUT2D eigenvalue weighted by atomic mass is 16.6. The maximum Gasteiger partial charge on any atom is 0.407 e. The lowest BCUT2D eigenvalue weighted by atomic mass is 9.98.